The molecule has 1 aromatic heterocycles. The van der Waals surface area contributed by atoms with Crippen LogP contribution in [0, 0.1) is 0 Å². The van der Waals surface area contributed by atoms with Crippen molar-refractivity contribution in [3.05, 3.63) is 83.3 Å². The maximum absolute atomic E-state index is 13.1. The first-order valence-electron chi connectivity index (χ1n) is 8.50. The lowest BCUT2D eigenvalue weighted by Gasteiger charge is -2.27. The summed E-state index contributed by atoms with van der Waals surface area (Å²) in [4.78, 5) is 15.0. The van der Waals surface area contributed by atoms with Gasteiger partial charge in [-0.15, -0.1) is 0 Å². The summed E-state index contributed by atoms with van der Waals surface area (Å²) in [6, 6.07) is 18.0. The number of nitrogens with one attached hydrogen (secondary N) is 1. The van der Waals surface area contributed by atoms with E-state index in [2.05, 4.69) is 5.32 Å². The van der Waals surface area contributed by atoms with Crippen molar-refractivity contribution in [2.24, 2.45) is 0 Å². The first-order valence-corrected chi connectivity index (χ1v) is 8.88. The van der Waals surface area contributed by atoms with E-state index in [4.69, 9.17) is 20.8 Å². The molecule has 0 bridgehead atoms. The maximum Gasteiger partial charge on any atom is 0.246 e. The molecule has 1 N–H and O–H groups in total. The molecule has 0 spiro atoms. The van der Waals surface area contributed by atoms with E-state index >= 15 is 0 Å². The number of ether oxygens (including phenoxy) is 1. The summed E-state index contributed by atoms with van der Waals surface area (Å²) < 4.78 is 10.6. The summed E-state index contributed by atoms with van der Waals surface area (Å²) in [6.07, 6.45) is 1.63. The Labute approximate surface area is 163 Å². The quantitative estimate of drug-likeness (QED) is 0.638. The van der Waals surface area contributed by atoms with Gasteiger partial charge in [0.05, 0.1) is 24.9 Å². The lowest BCUT2D eigenvalue weighted by molar-refractivity contribution is -0.121. The Morgan fingerprint density at radius 1 is 1.19 bits per heavy atom. The Kier molecular flexibility index (Phi) is 6.16. The van der Waals surface area contributed by atoms with Gasteiger partial charge in [0.1, 0.15) is 17.6 Å². The van der Waals surface area contributed by atoms with Gasteiger partial charge in [0.2, 0.25) is 5.91 Å². The molecule has 1 unspecified atom stereocenters. The number of anilines is 1. The highest BCUT2D eigenvalue weighted by molar-refractivity contribution is 6.32. The molecule has 0 aliphatic heterocycles. The second-order valence-corrected chi connectivity index (χ2v) is 6.55. The molecule has 0 saturated carbocycles. The van der Waals surface area contributed by atoms with Gasteiger partial charge >= 0.3 is 0 Å². The molecular formula is C21H21ClN2O3. The maximum atomic E-state index is 13.1. The van der Waals surface area contributed by atoms with Gasteiger partial charge in [-0.3, -0.25) is 9.69 Å². The molecule has 0 radical (unpaired) electrons. The summed E-state index contributed by atoms with van der Waals surface area (Å²) in [5.74, 6) is 1.19. The number of benzene rings is 2. The Morgan fingerprint density at radius 2 is 1.96 bits per heavy atom. The number of likely N-dealkylation sites (N-methyl/N-ethyl adjacent to an activating group) is 1. The molecule has 27 heavy (non-hydrogen) atoms. The molecule has 0 saturated heterocycles. The largest absolute Gasteiger partial charge is 0.495 e. The van der Waals surface area contributed by atoms with Gasteiger partial charge in [-0.05, 0) is 42.9 Å². The van der Waals surface area contributed by atoms with Gasteiger partial charge in [-0.25, -0.2) is 0 Å². The van der Waals surface area contributed by atoms with E-state index in [1.165, 1.54) is 0 Å². The van der Waals surface area contributed by atoms with Crippen molar-refractivity contribution < 1.29 is 13.9 Å². The van der Waals surface area contributed by atoms with Crippen molar-refractivity contribution in [1.82, 2.24) is 4.90 Å². The van der Waals surface area contributed by atoms with Crippen LogP contribution in [0.3, 0.4) is 0 Å². The fourth-order valence-electron chi connectivity index (χ4n) is 2.94. The van der Waals surface area contributed by atoms with Gasteiger partial charge in [0.25, 0.3) is 0 Å². The van der Waals surface area contributed by atoms with Crippen molar-refractivity contribution in [1.29, 1.82) is 0 Å². The van der Waals surface area contributed by atoms with Gasteiger partial charge < -0.3 is 14.5 Å². The van der Waals surface area contributed by atoms with E-state index in [-0.39, 0.29) is 5.91 Å². The summed E-state index contributed by atoms with van der Waals surface area (Å²) >= 11 is 6.17. The fraction of sp³-hybridized carbons (Fsp3) is 0.190. The lowest BCUT2D eigenvalue weighted by Crippen LogP contribution is -2.34. The standard InChI is InChI=1S/C21H21ClN2O3/c1-24(14-17-9-6-12-27-17)20(15-7-4-3-5-8-15)21(25)23-16-10-11-19(26-2)18(22)13-16/h3-13,20H,14H2,1-2H3,(H,23,25). The van der Waals surface area contributed by atoms with Crippen LogP contribution in [0.4, 0.5) is 5.69 Å². The number of carbonyl (C=O) groups excluding carboxylic acids is 1. The van der Waals surface area contributed by atoms with Crippen LogP contribution in [0.2, 0.25) is 5.02 Å². The Morgan fingerprint density at radius 3 is 2.59 bits per heavy atom. The zero-order chi connectivity index (χ0) is 19.2. The van der Waals surface area contributed by atoms with Crippen molar-refractivity contribution in [2.75, 3.05) is 19.5 Å². The molecular weight excluding hydrogens is 364 g/mol. The molecule has 5 nitrogen and oxygen atoms in total. The average Bonchev–Trinajstić information content (AvgIpc) is 3.16. The van der Waals surface area contributed by atoms with Crippen LogP contribution in [0.5, 0.6) is 5.75 Å². The number of nitrogens with zero attached hydrogens (tertiary/aromatic N) is 1. The third-order valence-corrected chi connectivity index (χ3v) is 4.50. The van der Waals surface area contributed by atoms with Gasteiger partial charge in [-0.2, -0.15) is 0 Å². The monoisotopic (exact) mass is 384 g/mol. The first-order chi connectivity index (χ1) is 13.1. The van der Waals surface area contributed by atoms with Crippen LogP contribution in [-0.4, -0.2) is 25.0 Å². The third kappa shape index (κ3) is 4.70. The number of methoxy groups -OCH3 is 1. The number of furan rings is 1. The van der Waals surface area contributed by atoms with Crippen LogP contribution in [0.15, 0.2) is 71.3 Å². The van der Waals surface area contributed by atoms with Crippen LogP contribution >= 0.6 is 11.6 Å². The molecule has 0 aliphatic carbocycles. The second kappa shape index (κ2) is 8.75. The van der Waals surface area contributed by atoms with Crippen molar-refractivity contribution in [2.45, 2.75) is 12.6 Å². The Balaban J connectivity index is 1.83. The number of hydrogen-bond acceptors (Lipinski definition) is 4. The van der Waals surface area contributed by atoms with E-state index in [9.17, 15) is 4.79 Å². The Hall–Kier alpha value is -2.76. The van der Waals surface area contributed by atoms with E-state index < -0.39 is 6.04 Å². The highest BCUT2D eigenvalue weighted by Crippen LogP contribution is 2.29. The normalized spacial score (nSPS) is 12.0. The molecule has 0 aliphatic rings. The minimum atomic E-state index is -0.489. The highest BCUT2D eigenvalue weighted by Gasteiger charge is 2.26. The number of rotatable bonds is 7. The van der Waals surface area contributed by atoms with Gasteiger partial charge in [0.15, 0.2) is 0 Å². The molecule has 140 valence electrons. The first kappa shape index (κ1) is 19.0. The lowest BCUT2D eigenvalue weighted by atomic mass is 10.0. The molecule has 6 heteroatoms. The van der Waals surface area contributed by atoms with E-state index in [1.54, 1.807) is 31.6 Å². The molecule has 1 amide bonds. The van der Waals surface area contributed by atoms with E-state index in [0.29, 0.717) is 23.0 Å². The summed E-state index contributed by atoms with van der Waals surface area (Å²) in [6.45, 7) is 0.503. The summed E-state index contributed by atoms with van der Waals surface area (Å²) in [5, 5.41) is 3.38. The average molecular weight is 385 g/mol. The SMILES string of the molecule is COc1ccc(NC(=O)C(c2ccccc2)N(C)Cc2ccco2)cc1Cl. The highest BCUT2D eigenvalue weighted by atomic mass is 35.5. The van der Waals surface area contributed by atoms with E-state index in [1.807, 2.05) is 54.4 Å². The second-order valence-electron chi connectivity index (χ2n) is 6.15. The minimum Gasteiger partial charge on any atom is -0.495 e. The topological polar surface area (TPSA) is 54.7 Å². The minimum absolute atomic E-state index is 0.156. The predicted molar refractivity (Wildman–Crippen MR) is 106 cm³/mol. The zero-order valence-electron chi connectivity index (χ0n) is 15.2. The predicted octanol–water partition coefficient (Wildman–Crippen LogP) is 4.75. The van der Waals surface area contributed by atoms with Crippen LogP contribution in [0.25, 0.3) is 0 Å². The van der Waals surface area contributed by atoms with Crippen LogP contribution in [-0.2, 0) is 11.3 Å². The van der Waals surface area contributed by atoms with Crippen molar-refractivity contribution >= 4 is 23.2 Å². The molecule has 2 aromatic carbocycles. The Bertz CT molecular complexity index is 882. The number of halogens is 1. The smallest absolute Gasteiger partial charge is 0.246 e. The third-order valence-electron chi connectivity index (χ3n) is 4.21. The number of amides is 1. The van der Waals surface area contributed by atoms with Gasteiger partial charge in [-0.1, -0.05) is 41.9 Å². The molecule has 3 aromatic rings. The molecule has 1 heterocycles. The number of carbonyl (C=O) groups is 1. The van der Waals surface area contributed by atoms with E-state index in [0.717, 1.165) is 11.3 Å². The molecule has 1 atom stereocenters. The summed E-state index contributed by atoms with van der Waals surface area (Å²) in [5.41, 5.74) is 1.50. The van der Waals surface area contributed by atoms with Crippen LogP contribution < -0.4 is 10.1 Å². The van der Waals surface area contributed by atoms with Crippen molar-refractivity contribution in [3.8, 4) is 5.75 Å². The molecule has 3 rings (SSSR count). The fourth-order valence-corrected chi connectivity index (χ4v) is 3.19. The summed E-state index contributed by atoms with van der Waals surface area (Å²) in [7, 11) is 3.44. The number of hydrogen-bond donors (Lipinski definition) is 1. The van der Waals surface area contributed by atoms with Gasteiger partial charge in [0, 0.05) is 5.69 Å². The van der Waals surface area contributed by atoms with Crippen LogP contribution in [0.1, 0.15) is 17.4 Å². The molecule has 0 fully saturated rings. The van der Waals surface area contributed by atoms with Crippen molar-refractivity contribution in [3.63, 3.8) is 0 Å². The zero-order valence-corrected chi connectivity index (χ0v) is 15.9.